The SMILES string of the molecule is CCN(CC(=O)NC(C)C)C(=O)/C=C/c1cccc2cccnc12. The minimum Gasteiger partial charge on any atom is -0.352 e. The van der Waals surface area contributed by atoms with Crippen LogP contribution in [0.25, 0.3) is 17.0 Å². The van der Waals surface area contributed by atoms with Gasteiger partial charge in [0.15, 0.2) is 0 Å². The molecule has 0 bridgehead atoms. The molecule has 1 N–H and O–H groups in total. The van der Waals surface area contributed by atoms with Gasteiger partial charge >= 0.3 is 0 Å². The van der Waals surface area contributed by atoms with E-state index in [0.717, 1.165) is 16.5 Å². The number of carbonyl (C=O) groups is 2. The number of hydrogen-bond donors (Lipinski definition) is 1. The van der Waals surface area contributed by atoms with E-state index in [1.54, 1.807) is 12.3 Å². The number of hydrogen-bond acceptors (Lipinski definition) is 3. The second kappa shape index (κ2) is 8.24. The standard InChI is InChI=1S/C19H23N3O2/c1-4-22(13-17(23)21-14(2)3)18(24)11-10-16-8-5-7-15-9-6-12-20-19(15)16/h5-12,14H,4,13H2,1-3H3,(H,21,23)/b11-10+. The summed E-state index contributed by atoms with van der Waals surface area (Å²) in [6.45, 7) is 6.18. The van der Waals surface area contributed by atoms with Crippen molar-refractivity contribution < 1.29 is 9.59 Å². The van der Waals surface area contributed by atoms with Crippen LogP contribution in [0.1, 0.15) is 26.3 Å². The van der Waals surface area contributed by atoms with Gasteiger partial charge < -0.3 is 10.2 Å². The van der Waals surface area contributed by atoms with Crippen LogP contribution in [0.2, 0.25) is 0 Å². The van der Waals surface area contributed by atoms with Crippen molar-refractivity contribution in [2.24, 2.45) is 0 Å². The number of nitrogens with one attached hydrogen (secondary N) is 1. The van der Waals surface area contributed by atoms with Crippen LogP contribution in [0, 0.1) is 0 Å². The van der Waals surface area contributed by atoms with Crippen molar-refractivity contribution in [1.82, 2.24) is 15.2 Å². The largest absolute Gasteiger partial charge is 0.352 e. The second-order valence-electron chi connectivity index (χ2n) is 5.83. The van der Waals surface area contributed by atoms with E-state index in [4.69, 9.17) is 0 Å². The Labute approximate surface area is 142 Å². The van der Waals surface area contributed by atoms with Crippen molar-refractivity contribution in [2.75, 3.05) is 13.1 Å². The van der Waals surface area contributed by atoms with Crippen LogP contribution in [-0.2, 0) is 9.59 Å². The Bertz CT molecular complexity index is 748. The molecule has 1 aromatic heterocycles. The zero-order valence-corrected chi connectivity index (χ0v) is 14.3. The molecular formula is C19H23N3O2. The molecule has 0 unspecified atom stereocenters. The average Bonchev–Trinajstić information content (AvgIpc) is 2.56. The molecule has 0 spiro atoms. The first-order chi connectivity index (χ1) is 11.5. The molecule has 0 aliphatic heterocycles. The number of pyridine rings is 1. The van der Waals surface area contributed by atoms with Crippen molar-refractivity contribution in [2.45, 2.75) is 26.8 Å². The van der Waals surface area contributed by atoms with E-state index in [9.17, 15) is 9.59 Å². The predicted molar refractivity (Wildman–Crippen MR) is 96.3 cm³/mol. The summed E-state index contributed by atoms with van der Waals surface area (Å²) in [5.41, 5.74) is 1.73. The van der Waals surface area contributed by atoms with Gasteiger partial charge in [0.1, 0.15) is 0 Å². The first kappa shape index (κ1) is 17.7. The number of fused-ring (bicyclic) bond motifs is 1. The molecule has 1 aromatic carbocycles. The maximum Gasteiger partial charge on any atom is 0.247 e. The third-order valence-corrected chi connectivity index (χ3v) is 3.55. The molecule has 2 aromatic rings. The lowest BCUT2D eigenvalue weighted by molar-refractivity contribution is -0.132. The van der Waals surface area contributed by atoms with E-state index >= 15 is 0 Å². The van der Waals surface area contributed by atoms with Crippen molar-refractivity contribution in [1.29, 1.82) is 0 Å². The Morgan fingerprint density at radius 3 is 2.71 bits per heavy atom. The highest BCUT2D eigenvalue weighted by molar-refractivity contribution is 5.97. The number of para-hydroxylation sites is 1. The van der Waals surface area contributed by atoms with Gasteiger partial charge in [0, 0.05) is 35.8 Å². The lowest BCUT2D eigenvalue weighted by Gasteiger charge is -2.19. The van der Waals surface area contributed by atoms with Crippen LogP contribution in [0.3, 0.4) is 0 Å². The van der Waals surface area contributed by atoms with Gasteiger partial charge in [0.2, 0.25) is 11.8 Å². The predicted octanol–water partition coefficient (Wildman–Crippen LogP) is 2.62. The van der Waals surface area contributed by atoms with Gasteiger partial charge in [-0.15, -0.1) is 0 Å². The molecule has 0 radical (unpaired) electrons. The Balaban J connectivity index is 2.11. The monoisotopic (exact) mass is 325 g/mol. The van der Waals surface area contributed by atoms with Gasteiger partial charge in [-0.2, -0.15) is 0 Å². The van der Waals surface area contributed by atoms with E-state index in [1.807, 2.05) is 51.1 Å². The maximum absolute atomic E-state index is 12.3. The van der Waals surface area contributed by atoms with Crippen LogP contribution in [0.15, 0.2) is 42.6 Å². The number of likely N-dealkylation sites (N-methyl/N-ethyl adjacent to an activating group) is 1. The third kappa shape index (κ3) is 4.65. The zero-order chi connectivity index (χ0) is 17.5. The fraction of sp³-hybridized carbons (Fsp3) is 0.316. The number of rotatable bonds is 6. The summed E-state index contributed by atoms with van der Waals surface area (Å²) in [5, 5.41) is 3.82. The molecule has 24 heavy (non-hydrogen) atoms. The lowest BCUT2D eigenvalue weighted by Crippen LogP contribution is -2.42. The van der Waals surface area contributed by atoms with Crippen LogP contribution >= 0.6 is 0 Å². The van der Waals surface area contributed by atoms with Gasteiger partial charge in [0.05, 0.1) is 12.1 Å². The Morgan fingerprint density at radius 1 is 1.25 bits per heavy atom. The van der Waals surface area contributed by atoms with E-state index < -0.39 is 0 Å². The van der Waals surface area contributed by atoms with Crippen LogP contribution in [0.5, 0.6) is 0 Å². The minimum absolute atomic E-state index is 0.0589. The number of nitrogens with zero attached hydrogens (tertiary/aromatic N) is 2. The van der Waals surface area contributed by atoms with E-state index in [1.165, 1.54) is 11.0 Å². The lowest BCUT2D eigenvalue weighted by atomic mass is 10.1. The van der Waals surface area contributed by atoms with Crippen molar-refractivity contribution in [3.8, 4) is 0 Å². The van der Waals surface area contributed by atoms with E-state index in [-0.39, 0.29) is 24.4 Å². The molecular weight excluding hydrogens is 302 g/mol. The molecule has 0 saturated carbocycles. The van der Waals surface area contributed by atoms with Crippen LogP contribution in [-0.4, -0.2) is 40.8 Å². The fourth-order valence-corrected chi connectivity index (χ4v) is 2.42. The zero-order valence-electron chi connectivity index (χ0n) is 14.3. The highest BCUT2D eigenvalue weighted by Crippen LogP contribution is 2.17. The number of aromatic nitrogens is 1. The topological polar surface area (TPSA) is 62.3 Å². The normalized spacial score (nSPS) is 11.2. The van der Waals surface area contributed by atoms with Gasteiger partial charge in [0.25, 0.3) is 0 Å². The molecule has 5 heteroatoms. The molecule has 1 heterocycles. The maximum atomic E-state index is 12.3. The highest BCUT2D eigenvalue weighted by atomic mass is 16.2. The van der Waals surface area contributed by atoms with Crippen molar-refractivity contribution in [3.63, 3.8) is 0 Å². The summed E-state index contributed by atoms with van der Waals surface area (Å²) in [6.07, 6.45) is 4.98. The quantitative estimate of drug-likeness (QED) is 0.831. The van der Waals surface area contributed by atoms with Gasteiger partial charge in [-0.1, -0.05) is 24.3 Å². The van der Waals surface area contributed by atoms with Crippen LogP contribution in [0.4, 0.5) is 0 Å². The van der Waals surface area contributed by atoms with Crippen LogP contribution < -0.4 is 5.32 Å². The summed E-state index contributed by atoms with van der Waals surface area (Å²) in [4.78, 5) is 30.1. The highest BCUT2D eigenvalue weighted by Gasteiger charge is 2.13. The molecule has 126 valence electrons. The number of carbonyl (C=O) groups excluding carboxylic acids is 2. The third-order valence-electron chi connectivity index (χ3n) is 3.55. The molecule has 2 rings (SSSR count). The fourth-order valence-electron chi connectivity index (χ4n) is 2.42. The number of amides is 2. The molecule has 0 aliphatic carbocycles. The smallest absolute Gasteiger partial charge is 0.247 e. The van der Waals surface area contributed by atoms with E-state index in [0.29, 0.717) is 6.54 Å². The Hall–Kier alpha value is -2.69. The molecule has 0 atom stereocenters. The van der Waals surface area contributed by atoms with Gasteiger partial charge in [-0.05, 0) is 32.9 Å². The van der Waals surface area contributed by atoms with E-state index in [2.05, 4.69) is 10.3 Å². The Morgan fingerprint density at radius 2 is 2.00 bits per heavy atom. The summed E-state index contributed by atoms with van der Waals surface area (Å²) in [6, 6.07) is 9.76. The Kier molecular flexibility index (Phi) is 6.07. The summed E-state index contributed by atoms with van der Waals surface area (Å²) in [7, 11) is 0. The minimum atomic E-state index is -0.190. The molecule has 0 fully saturated rings. The molecule has 0 saturated heterocycles. The molecule has 0 aliphatic rings. The summed E-state index contributed by atoms with van der Waals surface area (Å²) in [5.74, 6) is -0.343. The first-order valence-electron chi connectivity index (χ1n) is 8.11. The van der Waals surface area contributed by atoms with Crippen molar-refractivity contribution >= 4 is 28.8 Å². The number of benzene rings is 1. The average molecular weight is 325 g/mol. The van der Waals surface area contributed by atoms with Gasteiger partial charge in [-0.25, -0.2) is 0 Å². The first-order valence-corrected chi connectivity index (χ1v) is 8.11. The summed E-state index contributed by atoms with van der Waals surface area (Å²) < 4.78 is 0. The van der Waals surface area contributed by atoms with Gasteiger partial charge in [-0.3, -0.25) is 14.6 Å². The molecule has 2 amide bonds. The second-order valence-corrected chi connectivity index (χ2v) is 5.83. The van der Waals surface area contributed by atoms with Crippen molar-refractivity contribution in [3.05, 3.63) is 48.2 Å². The summed E-state index contributed by atoms with van der Waals surface area (Å²) >= 11 is 0. The molecule has 5 nitrogen and oxygen atoms in total.